The van der Waals surface area contributed by atoms with Crippen LogP contribution in [0, 0.1) is 12.8 Å². The molecule has 1 atom stereocenters. The number of benzene rings is 1. The molecule has 5 nitrogen and oxygen atoms in total. The molecule has 1 N–H and O–H groups in total. The van der Waals surface area contributed by atoms with E-state index >= 15 is 0 Å². The zero-order chi connectivity index (χ0) is 16.1. The molecule has 2 rings (SSSR count). The number of nitrogens with one attached hydrogen (secondary N) is 1. The Labute approximate surface area is 134 Å². The van der Waals surface area contributed by atoms with Gasteiger partial charge >= 0.3 is 0 Å². The lowest BCUT2D eigenvalue weighted by Crippen LogP contribution is -2.33. The third-order valence-electron chi connectivity index (χ3n) is 3.11. The first-order chi connectivity index (χ1) is 10.5. The Hall–Kier alpha value is -1.82. The van der Waals surface area contributed by atoms with Gasteiger partial charge in [0.25, 0.3) is 5.22 Å². The highest BCUT2D eigenvalue weighted by molar-refractivity contribution is 8.00. The number of carbonyl (C=O) groups is 1. The minimum Gasteiger partial charge on any atom is -0.411 e. The van der Waals surface area contributed by atoms with Crippen LogP contribution < -0.4 is 5.32 Å². The summed E-state index contributed by atoms with van der Waals surface area (Å²) in [5.41, 5.74) is 1.99. The van der Waals surface area contributed by atoms with Crippen LogP contribution in [0.1, 0.15) is 26.3 Å². The van der Waals surface area contributed by atoms with Gasteiger partial charge in [0.15, 0.2) is 0 Å². The Morgan fingerprint density at radius 1 is 1.27 bits per heavy atom. The molecule has 1 heterocycles. The van der Waals surface area contributed by atoms with Gasteiger partial charge in [-0.1, -0.05) is 43.8 Å². The highest BCUT2D eigenvalue weighted by Gasteiger charge is 2.19. The number of amides is 1. The fourth-order valence-electron chi connectivity index (χ4n) is 1.83. The summed E-state index contributed by atoms with van der Waals surface area (Å²) in [6, 6.07) is 7.83. The van der Waals surface area contributed by atoms with Crippen molar-refractivity contribution in [1.82, 2.24) is 15.5 Å². The predicted molar refractivity (Wildman–Crippen MR) is 87.6 cm³/mol. The van der Waals surface area contributed by atoms with Crippen molar-refractivity contribution in [3.8, 4) is 11.5 Å². The van der Waals surface area contributed by atoms with Crippen LogP contribution in [0.25, 0.3) is 11.5 Å². The predicted octanol–water partition coefficient (Wildman–Crippen LogP) is 3.30. The summed E-state index contributed by atoms with van der Waals surface area (Å²) in [6.07, 6.45) is 0. The first-order valence-electron chi connectivity index (χ1n) is 7.31. The third-order valence-corrected chi connectivity index (χ3v) is 4.05. The van der Waals surface area contributed by atoms with Gasteiger partial charge in [0.05, 0.1) is 5.25 Å². The molecular weight excluding hydrogens is 298 g/mol. The van der Waals surface area contributed by atoms with Crippen LogP contribution in [-0.2, 0) is 4.79 Å². The maximum absolute atomic E-state index is 12.0. The van der Waals surface area contributed by atoms with Crippen LogP contribution in [0.4, 0.5) is 0 Å². The number of thioether (sulfide) groups is 1. The topological polar surface area (TPSA) is 68.0 Å². The van der Waals surface area contributed by atoms with Crippen molar-refractivity contribution in [2.24, 2.45) is 5.92 Å². The molecule has 0 saturated heterocycles. The highest BCUT2D eigenvalue weighted by atomic mass is 32.2. The fraction of sp³-hybridized carbons (Fsp3) is 0.438. The van der Waals surface area contributed by atoms with E-state index in [4.69, 9.17) is 4.42 Å². The van der Waals surface area contributed by atoms with Gasteiger partial charge in [-0.05, 0) is 31.4 Å². The molecule has 0 spiro atoms. The largest absolute Gasteiger partial charge is 0.411 e. The van der Waals surface area contributed by atoms with Gasteiger partial charge in [-0.15, -0.1) is 10.2 Å². The average molecular weight is 319 g/mol. The van der Waals surface area contributed by atoms with E-state index in [1.54, 1.807) is 0 Å². The number of hydrogen-bond acceptors (Lipinski definition) is 5. The molecule has 6 heteroatoms. The number of nitrogens with zero attached hydrogens (tertiary/aromatic N) is 2. The lowest BCUT2D eigenvalue weighted by Gasteiger charge is -2.11. The molecule has 0 radical (unpaired) electrons. The minimum atomic E-state index is -0.274. The van der Waals surface area contributed by atoms with E-state index in [0.717, 1.165) is 11.1 Å². The van der Waals surface area contributed by atoms with Crippen LogP contribution in [0.15, 0.2) is 33.9 Å². The van der Waals surface area contributed by atoms with E-state index in [2.05, 4.69) is 29.4 Å². The standard InChI is InChI=1S/C16H21N3O2S/c1-10(2)9-17-14(20)12(4)22-16-19-18-15(21-16)13-8-6-5-7-11(13)3/h5-8,10,12H,9H2,1-4H3,(H,17,20). The van der Waals surface area contributed by atoms with Gasteiger partial charge in [-0.2, -0.15) is 0 Å². The lowest BCUT2D eigenvalue weighted by atomic mass is 10.1. The summed E-state index contributed by atoms with van der Waals surface area (Å²) in [4.78, 5) is 12.0. The van der Waals surface area contributed by atoms with E-state index in [1.165, 1.54) is 11.8 Å². The van der Waals surface area contributed by atoms with E-state index in [9.17, 15) is 4.79 Å². The number of carbonyl (C=O) groups excluding carboxylic acids is 1. The maximum atomic E-state index is 12.0. The summed E-state index contributed by atoms with van der Waals surface area (Å²) >= 11 is 1.27. The van der Waals surface area contributed by atoms with E-state index in [-0.39, 0.29) is 11.2 Å². The SMILES string of the molecule is Cc1ccccc1-c1nnc(SC(C)C(=O)NCC(C)C)o1. The van der Waals surface area contributed by atoms with E-state index in [0.29, 0.717) is 23.6 Å². The third kappa shape index (κ3) is 4.34. The van der Waals surface area contributed by atoms with Crippen molar-refractivity contribution in [3.63, 3.8) is 0 Å². The molecule has 0 aliphatic rings. The number of aromatic nitrogens is 2. The van der Waals surface area contributed by atoms with Gasteiger partial charge in [-0.3, -0.25) is 4.79 Å². The average Bonchev–Trinajstić information content (AvgIpc) is 2.93. The molecule has 0 saturated carbocycles. The van der Waals surface area contributed by atoms with Crippen LogP contribution in [0.2, 0.25) is 0 Å². The molecule has 1 aromatic carbocycles. The Morgan fingerprint density at radius 2 is 2.00 bits per heavy atom. The first-order valence-corrected chi connectivity index (χ1v) is 8.19. The smallest absolute Gasteiger partial charge is 0.277 e. The molecule has 22 heavy (non-hydrogen) atoms. The summed E-state index contributed by atoms with van der Waals surface area (Å²) < 4.78 is 5.66. The molecule has 1 unspecified atom stereocenters. The summed E-state index contributed by atoms with van der Waals surface area (Å²) in [6.45, 7) is 8.61. The lowest BCUT2D eigenvalue weighted by molar-refractivity contribution is -0.120. The Kier molecular flexibility index (Phi) is 5.60. The monoisotopic (exact) mass is 319 g/mol. The highest BCUT2D eigenvalue weighted by Crippen LogP contribution is 2.27. The Balaban J connectivity index is 2.00. The Bertz CT molecular complexity index is 640. The van der Waals surface area contributed by atoms with Crippen molar-refractivity contribution in [1.29, 1.82) is 0 Å². The number of rotatable bonds is 6. The van der Waals surface area contributed by atoms with Crippen LogP contribution in [-0.4, -0.2) is 27.9 Å². The molecule has 0 aliphatic heterocycles. The second-order valence-electron chi connectivity index (χ2n) is 5.59. The second kappa shape index (κ2) is 7.45. The van der Waals surface area contributed by atoms with Crippen LogP contribution in [0.5, 0.6) is 0 Å². The maximum Gasteiger partial charge on any atom is 0.277 e. The molecule has 0 fully saturated rings. The zero-order valence-corrected chi connectivity index (χ0v) is 14.1. The fourth-order valence-corrected chi connectivity index (χ4v) is 2.54. The van der Waals surface area contributed by atoms with Crippen molar-refractivity contribution in [3.05, 3.63) is 29.8 Å². The van der Waals surface area contributed by atoms with Crippen LogP contribution >= 0.6 is 11.8 Å². The van der Waals surface area contributed by atoms with Gasteiger partial charge in [0, 0.05) is 12.1 Å². The van der Waals surface area contributed by atoms with Gasteiger partial charge in [0.2, 0.25) is 11.8 Å². The van der Waals surface area contributed by atoms with E-state index in [1.807, 2.05) is 38.1 Å². The summed E-state index contributed by atoms with van der Waals surface area (Å²) in [7, 11) is 0. The van der Waals surface area contributed by atoms with Gasteiger partial charge < -0.3 is 9.73 Å². The Morgan fingerprint density at radius 3 is 2.68 bits per heavy atom. The quantitative estimate of drug-likeness (QED) is 0.827. The van der Waals surface area contributed by atoms with Crippen LogP contribution in [0.3, 0.4) is 0 Å². The summed E-state index contributed by atoms with van der Waals surface area (Å²) in [5.74, 6) is 0.891. The second-order valence-corrected chi connectivity index (χ2v) is 6.88. The molecule has 0 aliphatic carbocycles. The van der Waals surface area contributed by atoms with Gasteiger partial charge in [-0.25, -0.2) is 0 Å². The minimum absolute atomic E-state index is 0.0191. The zero-order valence-electron chi connectivity index (χ0n) is 13.3. The van der Waals surface area contributed by atoms with Crippen molar-refractivity contribution < 1.29 is 9.21 Å². The molecule has 118 valence electrons. The molecular formula is C16H21N3O2S. The molecule has 1 aromatic heterocycles. The van der Waals surface area contributed by atoms with Crippen molar-refractivity contribution in [2.75, 3.05) is 6.54 Å². The van der Waals surface area contributed by atoms with Crippen molar-refractivity contribution >= 4 is 17.7 Å². The van der Waals surface area contributed by atoms with Crippen molar-refractivity contribution in [2.45, 2.75) is 38.2 Å². The molecule has 0 bridgehead atoms. The number of hydrogen-bond donors (Lipinski definition) is 1. The number of aryl methyl sites for hydroxylation is 1. The first kappa shape index (κ1) is 16.5. The molecule has 2 aromatic rings. The molecule has 1 amide bonds. The normalized spacial score (nSPS) is 12.4. The van der Waals surface area contributed by atoms with E-state index < -0.39 is 0 Å². The summed E-state index contributed by atoms with van der Waals surface area (Å²) in [5, 5.41) is 11.1. The van der Waals surface area contributed by atoms with Gasteiger partial charge in [0.1, 0.15) is 0 Å².